The fraction of sp³-hybridized carbons (Fsp3) is 0.607. The number of fused-ring (bicyclic) bond motifs is 1. The Bertz CT molecular complexity index is 1010. The Morgan fingerprint density at radius 2 is 1.84 bits per heavy atom. The average Bonchev–Trinajstić information content (AvgIpc) is 3.53. The van der Waals surface area contributed by atoms with Gasteiger partial charge in [-0.15, -0.1) is 18.3 Å². The Labute approximate surface area is 223 Å². The van der Waals surface area contributed by atoms with E-state index in [1.807, 2.05) is 24.3 Å². The summed E-state index contributed by atoms with van der Waals surface area (Å²) in [5, 5.41) is 19.1. The molecule has 9 heteroatoms. The van der Waals surface area contributed by atoms with E-state index in [2.05, 4.69) is 25.3 Å². The Balaban J connectivity index is 1.69. The molecule has 2 N–H and O–H groups in total. The smallest absolute Gasteiger partial charge is 0.308 e. The molecule has 3 aliphatic heterocycles. The molecular weight excluding hydrogens is 490 g/mol. The quantitative estimate of drug-likeness (QED) is 0.298. The van der Waals surface area contributed by atoms with Gasteiger partial charge in [-0.2, -0.15) is 0 Å². The fourth-order valence-corrected chi connectivity index (χ4v) is 8.76. The van der Waals surface area contributed by atoms with Crippen molar-refractivity contribution in [2.24, 2.45) is 11.8 Å². The van der Waals surface area contributed by atoms with Gasteiger partial charge in [0, 0.05) is 49.4 Å². The highest BCUT2D eigenvalue weighted by molar-refractivity contribution is 8.02. The van der Waals surface area contributed by atoms with E-state index in [0.29, 0.717) is 38.8 Å². The molecule has 2 bridgehead atoms. The SMILES string of the molecule is C=CCN(C(=O)C1N(CCCCCO)C(=O)[C@@H]2[C@H](C(=O)O)[C@@H]3CCC12S3)c1ccc(N(CC)CC)cc1. The lowest BCUT2D eigenvalue weighted by atomic mass is 9.71. The van der Waals surface area contributed by atoms with Crippen LogP contribution in [0.25, 0.3) is 0 Å². The molecule has 2 amide bonds. The van der Waals surface area contributed by atoms with Crippen LogP contribution in [0.15, 0.2) is 36.9 Å². The maximum absolute atomic E-state index is 14.4. The summed E-state index contributed by atoms with van der Waals surface area (Å²) in [7, 11) is 0. The Kier molecular flexibility index (Phi) is 8.53. The summed E-state index contributed by atoms with van der Waals surface area (Å²) in [5.41, 5.74) is 1.81. The predicted octanol–water partition coefficient (Wildman–Crippen LogP) is 3.39. The second-order valence-corrected chi connectivity index (χ2v) is 11.7. The van der Waals surface area contributed by atoms with Gasteiger partial charge >= 0.3 is 5.97 Å². The number of nitrogens with zero attached hydrogens (tertiary/aromatic N) is 3. The molecule has 5 atom stereocenters. The molecule has 3 heterocycles. The molecule has 8 nitrogen and oxygen atoms in total. The largest absolute Gasteiger partial charge is 0.481 e. The van der Waals surface area contributed by atoms with Crippen LogP contribution in [-0.2, 0) is 14.4 Å². The topological polar surface area (TPSA) is 101 Å². The lowest BCUT2D eigenvalue weighted by molar-refractivity contribution is -0.148. The van der Waals surface area contributed by atoms with Crippen molar-refractivity contribution in [3.8, 4) is 0 Å². The number of hydrogen-bond donors (Lipinski definition) is 2. The van der Waals surface area contributed by atoms with E-state index < -0.39 is 28.6 Å². The van der Waals surface area contributed by atoms with Gasteiger partial charge in [0.05, 0.1) is 16.6 Å². The van der Waals surface area contributed by atoms with Crippen molar-refractivity contribution in [3.05, 3.63) is 36.9 Å². The number of rotatable bonds is 13. The van der Waals surface area contributed by atoms with E-state index in [4.69, 9.17) is 0 Å². The average molecular weight is 530 g/mol. The van der Waals surface area contributed by atoms with Gasteiger partial charge in [-0.1, -0.05) is 6.08 Å². The summed E-state index contributed by atoms with van der Waals surface area (Å²) >= 11 is 1.55. The molecule has 0 radical (unpaired) electrons. The minimum absolute atomic E-state index is 0.0814. The number of carbonyl (C=O) groups is 3. The Morgan fingerprint density at radius 3 is 2.43 bits per heavy atom. The van der Waals surface area contributed by atoms with E-state index in [1.54, 1.807) is 27.6 Å². The van der Waals surface area contributed by atoms with E-state index in [9.17, 15) is 24.6 Å². The molecule has 1 aromatic rings. The summed E-state index contributed by atoms with van der Waals surface area (Å²) in [4.78, 5) is 46.0. The number of likely N-dealkylation sites (tertiary alicyclic amines) is 1. The van der Waals surface area contributed by atoms with Crippen molar-refractivity contribution in [2.45, 2.75) is 62.0 Å². The molecule has 4 rings (SSSR count). The first-order chi connectivity index (χ1) is 17.8. The number of aliphatic hydroxyl groups excluding tert-OH is 1. The van der Waals surface area contributed by atoms with Gasteiger partial charge in [-0.05, 0) is 70.2 Å². The van der Waals surface area contributed by atoms with E-state index in [0.717, 1.165) is 30.9 Å². The zero-order valence-electron chi connectivity index (χ0n) is 21.8. The fourth-order valence-electron chi connectivity index (χ4n) is 6.56. The van der Waals surface area contributed by atoms with Crippen LogP contribution in [-0.4, -0.2) is 81.7 Å². The summed E-state index contributed by atoms with van der Waals surface area (Å²) in [6.45, 7) is 10.6. The first-order valence-corrected chi connectivity index (χ1v) is 14.3. The second kappa shape index (κ2) is 11.5. The second-order valence-electron chi connectivity index (χ2n) is 10.1. The highest BCUT2D eigenvalue weighted by Crippen LogP contribution is 2.66. The van der Waals surface area contributed by atoms with Crippen LogP contribution in [0.1, 0.15) is 46.0 Å². The lowest BCUT2D eigenvalue weighted by Crippen LogP contribution is -2.55. The number of carboxylic acid groups (broad SMARTS) is 1. The number of unbranched alkanes of at least 4 members (excludes halogenated alkanes) is 2. The molecule has 3 aliphatic rings. The Hall–Kier alpha value is -2.52. The highest BCUT2D eigenvalue weighted by atomic mass is 32.2. The molecule has 37 heavy (non-hydrogen) atoms. The maximum Gasteiger partial charge on any atom is 0.308 e. The maximum atomic E-state index is 14.4. The van der Waals surface area contributed by atoms with Gasteiger partial charge in [0.2, 0.25) is 5.91 Å². The van der Waals surface area contributed by atoms with Gasteiger partial charge in [-0.3, -0.25) is 14.4 Å². The number of amides is 2. The van der Waals surface area contributed by atoms with Gasteiger partial charge in [0.1, 0.15) is 6.04 Å². The number of aliphatic carboxylic acids is 1. The van der Waals surface area contributed by atoms with Gasteiger partial charge in [0.15, 0.2) is 0 Å². The van der Waals surface area contributed by atoms with E-state index in [-0.39, 0.29) is 23.7 Å². The molecule has 3 fully saturated rings. The van der Waals surface area contributed by atoms with Crippen molar-refractivity contribution in [2.75, 3.05) is 42.6 Å². The van der Waals surface area contributed by atoms with Crippen LogP contribution in [0, 0.1) is 11.8 Å². The normalized spacial score (nSPS) is 27.9. The zero-order chi connectivity index (χ0) is 26.7. The first kappa shape index (κ1) is 27.5. The molecule has 2 unspecified atom stereocenters. The van der Waals surface area contributed by atoms with Crippen molar-refractivity contribution in [1.29, 1.82) is 0 Å². The molecule has 1 spiro atoms. The third-order valence-electron chi connectivity index (χ3n) is 8.24. The van der Waals surface area contributed by atoms with Gasteiger partial charge in [0.25, 0.3) is 5.91 Å². The van der Waals surface area contributed by atoms with Crippen molar-refractivity contribution in [3.63, 3.8) is 0 Å². The lowest BCUT2D eigenvalue weighted by Gasteiger charge is -2.37. The zero-order valence-corrected chi connectivity index (χ0v) is 22.7. The van der Waals surface area contributed by atoms with Crippen molar-refractivity contribution < 1.29 is 24.6 Å². The standard InChI is InChI=1S/C28H39N3O5S/c1-4-16-30(20-12-10-19(11-13-20)29(5-2)6-3)26(34)24-28-15-14-21(37-28)22(27(35)36)23(28)25(33)31(24)17-8-7-9-18-32/h4,10-13,21-24,32H,1,5-9,14-18H2,2-3H3,(H,35,36)/t21-,22+,23-,24?,28?/m0/s1. The summed E-state index contributed by atoms with van der Waals surface area (Å²) < 4.78 is -0.723. The van der Waals surface area contributed by atoms with Crippen molar-refractivity contribution in [1.82, 2.24) is 4.90 Å². The van der Waals surface area contributed by atoms with Gasteiger partial charge in [-0.25, -0.2) is 0 Å². The molecular formula is C28H39N3O5S. The van der Waals surface area contributed by atoms with Crippen LogP contribution in [0.2, 0.25) is 0 Å². The molecule has 1 aromatic carbocycles. The Morgan fingerprint density at radius 1 is 1.16 bits per heavy atom. The number of anilines is 2. The van der Waals surface area contributed by atoms with Crippen LogP contribution in [0.5, 0.6) is 0 Å². The monoisotopic (exact) mass is 529 g/mol. The third kappa shape index (κ3) is 4.76. The molecule has 202 valence electrons. The number of carboxylic acids is 1. The van der Waals surface area contributed by atoms with Gasteiger partial charge < -0.3 is 24.9 Å². The third-order valence-corrected chi connectivity index (χ3v) is 10.2. The molecule has 0 saturated carbocycles. The minimum atomic E-state index is -0.944. The van der Waals surface area contributed by atoms with Crippen molar-refractivity contribution >= 4 is 40.9 Å². The predicted molar refractivity (Wildman–Crippen MR) is 147 cm³/mol. The summed E-state index contributed by atoms with van der Waals surface area (Å²) in [6, 6.07) is 7.17. The first-order valence-electron chi connectivity index (χ1n) is 13.4. The van der Waals surface area contributed by atoms with E-state index in [1.165, 1.54) is 0 Å². The van der Waals surface area contributed by atoms with Crippen LogP contribution >= 0.6 is 11.8 Å². The molecule has 0 aliphatic carbocycles. The number of aliphatic hydroxyl groups is 1. The number of carbonyl (C=O) groups excluding carboxylic acids is 2. The molecule has 0 aromatic heterocycles. The minimum Gasteiger partial charge on any atom is -0.481 e. The summed E-state index contributed by atoms with van der Waals surface area (Å²) in [5.74, 6) is -2.77. The van der Waals surface area contributed by atoms with Crippen LogP contribution < -0.4 is 9.80 Å². The number of thioether (sulfide) groups is 1. The van der Waals surface area contributed by atoms with E-state index >= 15 is 0 Å². The van der Waals surface area contributed by atoms with Crippen LogP contribution in [0.3, 0.4) is 0 Å². The summed E-state index contributed by atoms with van der Waals surface area (Å²) in [6.07, 6.45) is 5.08. The number of hydrogen-bond acceptors (Lipinski definition) is 6. The molecule has 3 saturated heterocycles. The number of benzene rings is 1. The highest BCUT2D eigenvalue weighted by Gasteiger charge is 2.74. The van der Waals surface area contributed by atoms with Crippen LogP contribution in [0.4, 0.5) is 11.4 Å².